The maximum absolute atomic E-state index is 13.0. The fourth-order valence-corrected chi connectivity index (χ4v) is 3.77. The molecule has 4 aromatic carbocycles. The van der Waals surface area contributed by atoms with E-state index in [9.17, 15) is 21.6 Å². The molecule has 3 nitrogen and oxygen atoms in total. The maximum Gasteiger partial charge on any atom is 0.534 e. The first-order chi connectivity index (χ1) is 14.0. The van der Waals surface area contributed by atoms with Gasteiger partial charge in [-0.1, -0.05) is 64.5 Å². The third-order valence-corrected chi connectivity index (χ3v) is 5.76. The van der Waals surface area contributed by atoms with Crippen molar-refractivity contribution < 1.29 is 62.6 Å². The topological polar surface area (TPSA) is 43.4 Å². The van der Waals surface area contributed by atoms with Crippen LogP contribution in [0.1, 0.15) is 11.1 Å². The Kier molecular flexibility index (Phi) is 6.61. The summed E-state index contributed by atoms with van der Waals surface area (Å²) in [6, 6.07) is 20.6. The third-order valence-electron chi connectivity index (χ3n) is 4.79. The number of hydrogen-bond acceptors (Lipinski definition) is 3. The molecule has 167 valence electrons. The quantitative estimate of drug-likeness (QED) is 0.158. The van der Waals surface area contributed by atoms with Crippen molar-refractivity contribution >= 4 is 31.7 Å². The molecule has 0 aliphatic rings. The van der Waals surface area contributed by atoms with E-state index in [1.165, 1.54) is 6.07 Å². The van der Waals surface area contributed by atoms with Crippen LogP contribution >= 0.6 is 0 Å². The predicted octanol–water partition coefficient (Wildman–Crippen LogP) is 6.31. The van der Waals surface area contributed by atoms with Crippen LogP contribution < -0.4 is 4.18 Å². The summed E-state index contributed by atoms with van der Waals surface area (Å²) in [4.78, 5) is 0. The van der Waals surface area contributed by atoms with Gasteiger partial charge in [-0.15, -0.1) is 29.1 Å². The molecular formula is C23H16F3O3STm-. The Bertz CT molecular complexity index is 1400. The smallest absolute Gasteiger partial charge is 0.386 e. The Labute approximate surface area is 207 Å². The molecule has 0 spiro atoms. The number of rotatable bonds is 3. The van der Waals surface area contributed by atoms with Crippen molar-refractivity contribution in [1.82, 2.24) is 0 Å². The zero-order valence-corrected chi connectivity index (χ0v) is 18.9. The number of alkyl halides is 3. The van der Waals surface area contributed by atoms with Gasteiger partial charge in [-0.25, -0.2) is 0 Å². The Balaban J connectivity index is 0.00000272. The number of fused-ring (bicyclic) bond motifs is 2. The van der Waals surface area contributed by atoms with Crippen molar-refractivity contribution in [2.75, 3.05) is 0 Å². The Hall–Kier alpha value is -1.83. The van der Waals surface area contributed by atoms with Gasteiger partial charge in [-0.2, -0.15) is 21.6 Å². The van der Waals surface area contributed by atoms with Gasteiger partial charge in [0.05, 0.1) is 0 Å². The van der Waals surface area contributed by atoms with Crippen molar-refractivity contribution in [2.24, 2.45) is 0 Å². The van der Waals surface area contributed by atoms with E-state index in [0.717, 1.165) is 27.3 Å². The molecule has 0 aromatic heterocycles. The first-order valence-electron chi connectivity index (χ1n) is 9.01. The molecule has 0 bridgehead atoms. The predicted molar refractivity (Wildman–Crippen MR) is 111 cm³/mol. The summed E-state index contributed by atoms with van der Waals surface area (Å²) in [5.41, 5.74) is -2.95. The first kappa shape index (κ1) is 23.8. The molecule has 1 radical (unpaired) electrons. The van der Waals surface area contributed by atoms with Gasteiger partial charge < -0.3 is 4.18 Å². The summed E-state index contributed by atoms with van der Waals surface area (Å²) in [6.07, 6.45) is 0. The third kappa shape index (κ3) is 4.84. The van der Waals surface area contributed by atoms with Crippen LogP contribution in [-0.2, 0) is 10.1 Å². The van der Waals surface area contributed by atoms with Crippen LogP contribution in [0.15, 0.2) is 60.7 Å². The van der Waals surface area contributed by atoms with Gasteiger partial charge in [0.25, 0.3) is 0 Å². The molecule has 0 amide bonds. The van der Waals surface area contributed by atoms with Crippen LogP contribution in [0, 0.1) is 56.8 Å². The van der Waals surface area contributed by atoms with E-state index >= 15 is 0 Å². The van der Waals surface area contributed by atoms with Gasteiger partial charge in [0.2, 0.25) is 0 Å². The van der Waals surface area contributed by atoms with Crippen LogP contribution in [0.5, 0.6) is 5.75 Å². The van der Waals surface area contributed by atoms with Crippen LogP contribution in [-0.4, -0.2) is 13.9 Å². The van der Waals surface area contributed by atoms with Crippen LogP contribution in [0.3, 0.4) is 0 Å². The van der Waals surface area contributed by atoms with Crippen molar-refractivity contribution in [3.63, 3.8) is 0 Å². The summed E-state index contributed by atoms with van der Waals surface area (Å²) >= 11 is 0. The van der Waals surface area contributed by atoms with Crippen molar-refractivity contribution in [3.8, 4) is 16.9 Å². The monoisotopic (exact) mass is 598 g/mol. The molecule has 0 unspecified atom stereocenters. The number of benzene rings is 4. The zero-order valence-electron chi connectivity index (χ0n) is 16.3. The Morgan fingerprint density at radius 3 is 2.00 bits per heavy atom. The number of hydrogen-bond donors (Lipinski definition) is 0. The van der Waals surface area contributed by atoms with E-state index in [4.69, 9.17) is 0 Å². The van der Waals surface area contributed by atoms with E-state index in [-0.39, 0.29) is 42.4 Å². The second kappa shape index (κ2) is 8.60. The van der Waals surface area contributed by atoms with Crippen molar-refractivity contribution in [2.45, 2.75) is 19.4 Å². The summed E-state index contributed by atoms with van der Waals surface area (Å²) in [5.74, 6) is -0.395. The molecular weight excluding hydrogens is 582 g/mol. The molecule has 4 aromatic rings. The van der Waals surface area contributed by atoms with Gasteiger partial charge in [0, 0.05) is 36.9 Å². The van der Waals surface area contributed by atoms with Gasteiger partial charge in [-0.3, -0.25) is 0 Å². The average molecular weight is 598 g/mol. The van der Waals surface area contributed by atoms with E-state index in [1.54, 1.807) is 24.3 Å². The standard InChI is InChI=1S/C23H16F3O3S.Tm/c1-14-3-5-17-11-19(8-7-16(17)9-14)21-12-18-6-4-15(2)10-20(18)13-22(21)29-30(27,28)23(24,25)26;/h3-7,9-13H,1-2H3;/q-1;. The second-order valence-corrected chi connectivity index (χ2v) is 8.70. The minimum absolute atomic E-state index is 0. The van der Waals surface area contributed by atoms with Crippen LogP contribution in [0.2, 0.25) is 0 Å². The second-order valence-electron chi connectivity index (χ2n) is 7.16. The zero-order chi connectivity index (χ0) is 21.7. The molecule has 0 saturated heterocycles. The molecule has 0 saturated carbocycles. The summed E-state index contributed by atoms with van der Waals surface area (Å²) in [5, 5.41) is 3.08. The molecule has 31 heavy (non-hydrogen) atoms. The van der Waals surface area contributed by atoms with E-state index < -0.39 is 21.4 Å². The molecule has 0 fully saturated rings. The Morgan fingerprint density at radius 1 is 0.806 bits per heavy atom. The minimum atomic E-state index is -5.82. The molecule has 0 heterocycles. The van der Waals surface area contributed by atoms with E-state index in [2.05, 4.69) is 10.2 Å². The van der Waals surface area contributed by atoms with Crippen LogP contribution in [0.4, 0.5) is 13.2 Å². The molecule has 0 aliphatic heterocycles. The molecule has 0 N–H and O–H groups in total. The fraction of sp³-hybridized carbons (Fsp3) is 0.130. The minimum Gasteiger partial charge on any atom is -0.386 e. The molecule has 0 aliphatic carbocycles. The van der Waals surface area contributed by atoms with Crippen molar-refractivity contribution in [3.05, 3.63) is 77.9 Å². The largest absolute Gasteiger partial charge is 0.534 e. The fourth-order valence-electron chi connectivity index (χ4n) is 3.30. The van der Waals surface area contributed by atoms with E-state index in [1.807, 2.05) is 44.2 Å². The molecule has 4 rings (SSSR count). The first-order valence-corrected chi connectivity index (χ1v) is 10.4. The summed E-state index contributed by atoms with van der Waals surface area (Å²) in [6.45, 7) is 3.78. The van der Waals surface area contributed by atoms with Gasteiger partial charge >= 0.3 is 15.6 Å². The maximum atomic E-state index is 13.0. The van der Waals surface area contributed by atoms with Gasteiger partial charge in [-0.05, 0) is 30.7 Å². The molecule has 8 heteroatoms. The number of aryl methyl sites for hydroxylation is 2. The van der Waals surface area contributed by atoms with Crippen LogP contribution in [0.25, 0.3) is 32.7 Å². The Morgan fingerprint density at radius 2 is 1.39 bits per heavy atom. The van der Waals surface area contributed by atoms with Gasteiger partial charge in [0.1, 0.15) is 5.75 Å². The summed E-state index contributed by atoms with van der Waals surface area (Å²) in [7, 11) is -5.82. The average Bonchev–Trinajstić information content (AvgIpc) is 2.66. The van der Waals surface area contributed by atoms with Gasteiger partial charge in [0.15, 0.2) is 0 Å². The van der Waals surface area contributed by atoms with E-state index in [0.29, 0.717) is 10.9 Å². The SMILES string of the molecule is Cc1ccc2cc(-c3cc4ccc(C)cc4cc3OS(=O)(=O)C(F)(F)F)[c-]cc2c1.[Tm]. The van der Waals surface area contributed by atoms with Crippen molar-refractivity contribution in [1.29, 1.82) is 0 Å². The normalized spacial score (nSPS) is 12.0. The molecule has 0 atom stereocenters. The summed E-state index contributed by atoms with van der Waals surface area (Å²) < 4.78 is 66.8. The number of halogens is 3.